The monoisotopic (exact) mass is 277 g/mol. The molecule has 4 N–H and O–H groups in total. The lowest BCUT2D eigenvalue weighted by atomic mass is 9.96. The molecule has 2 aliphatic rings. The molecule has 7 heteroatoms. The van der Waals surface area contributed by atoms with Gasteiger partial charge in [-0.05, 0) is 12.1 Å². The van der Waals surface area contributed by atoms with Crippen LogP contribution in [-0.2, 0) is 20.9 Å². The third-order valence-electron chi connectivity index (χ3n) is 3.38. The summed E-state index contributed by atoms with van der Waals surface area (Å²) in [5, 5.41) is 25.3. The van der Waals surface area contributed by atoms with Crippen LogP contribution in [0.5, 0.6) is 0 Å². The first-order valence-corrected chi connectivity index (χ1v) is 6.15. The molecular weight excluding hydrogens is 262 g/mol. The first kappa shape index (κ1) is 12.8. The molecule has 0 radical (unpaired) electrons. The zero-order chi connectivity index (χ0) is 14.1. The first-order chi connectivity index (χ1) is 9.76. The Hall–Kier alpha value is -2.25. The predicted octanol–water partition coefficient (Wildman–Crippen LogP) is -0.446. The highest BCUT2D eigenvalue weighted by Crippen LogP contribution is 2.35. The van der Waals surface area contributed by atoms with E-state index in [2.05, 4.69) is 15.6 Å². The molecular formula is C13H15N3O4. The van der Waals surface area contributed by atoms with Crippen LogP contribution in [0.4, 0.5) is 0 Å². The molecule has 20 heavy (non-hydrogen) atoms. The number of pyridine rings is 1. The van der Waals surface area contributed by atoms with E-state index in [4.69, 9.17) is 9.47 Å². The van der Waals surface area contributed by atoms with E-state index in [1.165, 1.54) is 12.5 Å². The predicted molar refractivity (Wildman–Crippen MR) is 68.5 cm³/mol. The second-order valence-corrected chi connectivity index (χ2v) is 4.50. The number of aromatic nitrogens is 1. The van der Waals surface area contributed by atoms with E-state index in [1.54, 1.807) is 30.7 Å². The maximum absolute atomic E-state index is 9.70. The lowest BCUT2D eigenvalue weighted by molar-refractivity contribution is -0.0541. The summed E-state index contributed by atoms with van der Waals surface area (Å²) in [4.78, 5) is 4.29. The molecule has 106 valence electrons. The zero-order valence-electron chi connectivity index (χ0n) is 10.6. The van der Waals surface area contributed by atoms with E-state index in [0.29, 0.717) is 11.3 Å². The summed E-state index contributed by atoms with van der Waals surface area (Å²) in [6.45, 7) is -0.618. The highest BCUT2D eigenvalue weighted by atomic mass is 16.5. The molecule has 0 fully saturated rings. The van der Waals surface area contributed by atoms with Gasteiger partial charge < -0.3 is 30.3 Å². The average Bonchev–Trinajstić information content (AvgIpc) is 3.18. The quantitative estimate of drug-likeness (QED) is 0.592. The number of hydrogen-bond acceptors (Lipinski definition) is 7. The largest absolute Gasteiger partial charge is 0.467 e. The van der Waals surface area contributed by atoms with Gasteiger partial charge in [0.1, 0.15) is 31.4 Å². The van der Waals surface area contributed by atoms with Crippen LogP contribution in [0.25, 0.3) is 0 Å². The van der Waals surface area contributed by atoms with Gasteiger partial charge in [-0.3, -0.25) is 4.98 Å². The van der Waals surface area contributed by atoms with Gasteiger partial charge in [-0.15, -0.1) is 0 Å². The molecule has 0 spiro atoms. The Morgan fingerprint density at radius 2 is 1.70 bits per heavy atom. The Bertz CT molecular complexity index is 493. The lowest BCUT2D eigenvalue weighted by Gasteiger charge is -2.34. The van der Waals surface area contributed by atoms with E-state index >= 15 is 0 Å². The fourth-order valence-electron chi connectivity index (χ4n) is 2.35. The maximum atomic E-state index is 9.70. The van der Waals surface area contributed by atoms with Crippen molar-refractivity contribution in [1.29, 1.82) is 0 Å². The van der Waals surface area contributed by atoms with Gasteiger partial charge in [0.05, 0.1) is 0 Å². The van der Waals surface area contributed by atoms with E-state index in [-0.39, 0.29) is 13.2 Å². The molecule has 2 unspecified atom stereocenters. The highest BCUT2D eigenvalue weighted by molar-refractivity contribution is 5.34. The van der Waals surface area contributed by atoms with Crippen LogP contribution >= 0.6 is 0 Å². The van der Waals surface area contributed by atoms with Crippen LogP contribution in [0.15, 0.2) is 43.3 Å². The minimum atomic E-state index is -1.17. The third-order valence-corrected chi connectivity index (χ3v) is 3.38. The molecule has 2 aliphatic heterocycles. The molecule has 0 amide bonds. The van der Waals surface area contributed by atoms with E-state index in [0.717, 1.165) is 0 Å². The smallest absolute Gasteiger partial charge is 0.246 e. The summed E-state index contributed by atoms with van der Waals surface area (Å²) in [5.41, 5.74) is -1.28. The number of hydrogen-bond donors (Lipinski definition) is 4. The van der Waals surface area contributed by atoms with Crippen molar-refractivity contribution in [3.8, 4) is 0 Å². The Balaban J connectivity index is 2.09. The van der Waals surface area contributed by atoms with E-state index in [1.807, 2.05) is 0 Å². The topological polar surface area (TPSA) is 95.9 Å². The molecule has 2 atom stereocenters. The summed E-state index contributed by atoms with van der Waals surface area (Å²) in [6.07, 6.45) is 7.68. The van der Waals surface area contributed by atoms with Gasteiger partial charge in [0.15, 0.2) is 0 Å². The highest BCUT2D eigenvalue weighted by Gasteiger charge is 2.45. The zero-order valence-corrected chi connectivity index (χ0v) is 10.6. The molecule has 3 rings (SSSR count). The summed E-state index contributed by atoms with van der Waals surface area (Å²) in [5.74, 6) is 0. The van der Waals surface area contributed by atoms with Gasteiger partial charge in [-0.25, -0.2) is 0 Å². The van der Waals surface area contributed by atoms with Gasteiger partial charge in [-0.1, -0.05) is 0 Å². The van der Waals surface area contributed by atoms with Gasteiger partial charge in [0, 0.05) is 24.2 Å². The number of ether oxygens (including phenoxy) is 2. The normalized spacial score (nSPS) is 30.5. The fraction of sp³-hybridized carbons (Fsp3) is 0.308. The van der Waals surface area contributed by atoms with Crippen LogP contribution in [0.3, 0.4) is 0 Å². The molecule has 0 aliphatic carbocycles. The van der Waals surface area contributed by atoms with E-state index < -0.39 is 11.4 Å². The fourth-order valence-corrected chi connectivity index (χ4v) is 2.35. The van der Waals surface area contributed by atoms with Crippen molar-refractivity contribution in [2.24, 2.45) is 0 Å². The molecule has 7 nitrogen and oxygen atoms in total. The minimum Gasteiger partial charge on any atom is -0.467 e. The molecule has 0 bridgehead atoms. The number of nitrogens with zero attached hydrogens (tertiary/aromatic N) is 1. The molecule has 0 saturated carbocycles. The van der Waals surface area contributed by atoms with Crippen LogP contribution < -0.4 is 10.6 Å². The lowest BCUT2D eigenvalue weighted by Crippen LogP contribution is -2.48. The number of nitrogens with one attached hydrogen (secondary N) is 2. The second-order valence-electron chi connectivity index (χ2n) is 4.50. The van der Waals surface area contributed by atoms with Crippen molar-refractivity contribution < 1.29 is 19.7 Å². The molecule has 3 heterocycles. The minimum absolute atomic E-state index is 0.298. The van der Waals surface area contributed by atoms with Crippen LogP contribution in [0, 0.1) is 0 Å². The van der Waals surface area contributed by atoms with Crippen molar-refractivity contribution >= 4 is 0 Å². The summed E-state index contributed by atoms with van der Waals surface area (Å²) >= 11 is 0. The molecule has 0 saturated heterocycles. The standard InChI is InChI=1S/C13H15N3O4/c17-8-12(15-4-6-19-12)10-2-1-3-14-11(10)13(9-18)16-5-7-20-13/h1-7,15-18H,8-9H2. The van der Waals surface area contributed by atoms with Gasteiger partial charge in [0.25, 0.3) is 0 Å². The SMILES string of the molecule is OCC1(c2cccnc2C2(CO)NC=CO2)NC=CO1. The average molecular weight is 277 g/mol. The van der Waals surface area contributed by atoms with Crippen molar-refractivity contribution in [2.75, 3.05) is 13.2 Å². The number of aliphatic hydroxyl groups excluding tert-OH is 2. The summed E-state index contributed by atoms with van der Waals surface area (Å²) in [6, 6.07) is 3.49. The molecule has 1 aromatic heterocycles. The first-order valence-electron chi connectivity index (χ1n) is 6.15. The molecule has 1 aromatic rings. The van der Waals surface area contributed by atoms with E-state index in [9.17, 15) is 10.2 Å². The Morgan fingerprint density at radius 3 is 2.25 bits per heavy atom. The van der Waals surface area contributed by atoms with Crippen LogP contribution in [-0.4, -0.2) is 28.4 Å². The Kier molecular flexibility index (Phi) is 3.00. The van der Waals surface area contributed by atoms with Gasteiger partial charge in [0.2, 0.25) is 11.4 Å². The van der Waals surface area contributed by atoms with Crippen molar-refractivity contribution in [1.82, 2.24) is 15.6 Å². The Labute approximate surface area is 115 Å². The number of aliphatic hydroxyl groups is 2. The third kappa shape index (κ3) is 1.71. The Morgan fingerprint density at radius 1 is 1.05 bits per heavy atom. The van der Waals surface area contributed by atoms with Crippen molar-refractivity contribution in [3.63, 3.8) is 0 Å². The van der Waals surface area contributed by atoms with Crippen LogP contribution in [0.2, 0.25) is 0 Å². The number of rotatable bonds is 4. The molecule has 0 aromatic carbocycles. The van der Waals surface area contributed by atoms with Crippen molar-refractivity contribution in [3.05, 3.63) is 54.5 Å². The van der Waals surface area contributed by atoms with Gasteiger partial charge in [-0.2, -0.15) is 0 Å². The van der Waals surface area contributed by atoms with Gasteiger partial charge >= 0.3 is 0 Å². The second kappa shape index (κ2) is 4.69. The summed E-state index contributed by atoms with van der Waals surface area (Å²) < 4.78 is 11.0. The maximum Gasteiger partial charge on any atom is 0.246 e. The summed E-state index contributed by atoms with van der Waals surface area (Å²) in [7, 11) is 0. The van der Waals surface area contributed by atoms with Crippen LogP contribution in [0.1, 0.15) is 11.3 Å². The van der Waals surface area contributed by atoms with Crippen molar-refractivity contribution in [2.45, 2.75) is 11.4 Å².